The molecule has 0 radical (unpaired) electrons. The lowest BCUT2D eigenvalue weighted by molar-refractivity contribution is -0.293. The van der Waals surface area contributed by atoms with Crippen LogP contribution in [0.1, 0.15) is 32.3 Å². The van der Waals surface area contributed by atoms with Crippen LogP contribution in [0, 0.1) is 18.8 Å². The van der Waals surface area contributed by atoms with Gasteiger partial charge >= 0.3 is 17.8 Å². The molecule has 2 aliphatic rings. The maximum atomic E-state index is 11.7. The summed E-state index contributed by atoms with van der Waals surface area (Å²) < 4.78 is 16.8. The lowest BCUT2D eigenvalue weighted by Crippen LogP contribution is -2.60. The number of esters is 2. The van der Waals surface area contributed by atoms with Crippen molar-refractivity contribution in [3.05, 3.63) is 54.1 Å². The summed E-state index contributed by atoms with van der Waals surface area (Å²) in [4.78, 5) is 25.5. The van der Waals surface area contributed by atoms with E-state index in [4.69, 9.17) is 14.2 Å². The fourth-order valence-electron chi connectivity index (χ4n) is 4.70. The third-order valence-electron chi connectivity index (χ3n) is 6.12. The second kappa shape index (κ2) is 8.71. The van der Waals surface area contributed by atoms with Gasteiger partial charge in [0.25, 0.3) is 0 Å². The number of likely N-dealkylation sites (tertiary alicyclic amines) is 1. The van der Waals surface area contributed by atoms with Crippen LogP contribution in [-0.4, -0.2) is 42.4 Å². The highest BCUT2D eigenvalue weighted by Gasteiger charge is 2.58. The Balaban J connectivity index is 1.36. The van der Waals surface area contributed by atoms with Gasteiger partial charge in [-0.3, -0.25) is 0 Å². The van der Waals surface area contributed by atoms with Crippen LogP contribution in [0.25, 0.3) is 11.1 Å². The number of ether oxygens (including phenoxy) is 3. The molecule has 2 unspecified atom stereocenters. The molecule has 0 amide bonds. The van der Waals surface area contributed by atoms with Gasteiger partial charge in [-0.25, -0.2) is 14.5 Å². The van der Waals surface area contributed by atoms with Crippen LogP contribution in [0.4, 0.5) is 0 Å². The van der Waals surface area contributed by atoms with Crippen molar-refractivity contribution in [3.8, 4) is 16.9 Å². The van der Waals surface area contributed by atoms with Crippen molar-refractivity contribution >= 4 is 11.9 Å². The molecular weight excluding hydrogens is 394 g/mol. The Kier molecular flexibility index (Phi) is 6.01. The minimum atomic E-state index is -1.27. The molecule has 2 aromatic rings. The Morgan fingerprint density at radius 3 is 2.45 bits per heavy atom. The monoisotopic (exact) mass is 423 g/mol. The van der Waals surface area contributed by atoms with Gasteiger partial charge in [-0.1, -0.05) is 50.2 Å². The average Bonchev–Trinajstić information content (AvgIpc) is 3.05. The first kappa shape index (κ1) is 21.4. The van der Waals surface area contributed by atoms with Crippen molar-refractivity contribution < 1.29 is 23.8 Å². The summed E-state index contributed by atoms with van der Waals surface area (Å²) in [5.74, 6) is -1.91. The van der Waals surface area contributed by atoms with E-state index in [0.717, 1.165) is 24.2 Å². The van der Waals surface area contributed by atoms with Crippen LogP contribution in [0.3, 0.4) is 0 Å². The molecule has 164 valence electrons. The fraction of sp³-hybridized carbons (Fsp3) is 0.440. The summed E-state index contributed by atoms with van der Waals surface area (Å²) in [6.45, 7) is 8.02. The van der Waals surface area contributed by atoms with E-state index >= 15 is 0 Å². The van der Waals surface area contributed by atoms with Crippen molar-refractivity contribution in [2.24, 2.45) is 11.8 Å². The Bertz CT molecular complexity index is 942. The van der Waals surface area contributed by atoms with Crippen LogP contribution in [0.15, 0.2) is 48.5 Å². The molecule has 0 aromatic heterocycles. The molecule has 0 saturated carbocycles. The first-order valence-electron chi connectivity index (χ1n) is 10.9. The molecule has 2 aliphatic heterocycles. The highest BCUT2D eigenvalue weighted by molar-refractivity contribution is 6.31. The van der Waals surface area contributed by atoms with Gasteiger partial charge in [0, 0.05) is 13.1 Å². The van der Waals surface area contributed by atoms with E-state index in [2.05, 4.69) is 38.1 Å². The number of carbonyl (C=O) groups excluding carboxylic acids is 2. The summed E-state index contributed by atoms with van der Waals surface area (Å²) in [5, 5.41) is 0. The molecule has 31 heavy (non-hydrogen) atoms. The van der Waals surface area contributed by atoms with Crippen LogP contribution in [0.5, 0.6) is 5.75 Å². The van der Waals surface area contributed by atoms with E-state index in [-0.39, 0.29) is 5.92 Å². The summed E-state index contributed by atoms with van der Waals surface area (Å²) in [6.07, 6.45) is 1.55. The topological polar surface area (TPSA) is 65.1 Å². The van der Waals surface area contributed by atoms with Crippen molar-refractivity contribution in [3.63, 3.8) is 0 Å². The standard InChI is InChI=1S/C25H29NO5/c1-17-14-19(3)25(30-23(27)24(28)31-25)26(16-17)12-7-13-29-21-10-11-22(18(2)15-21)20-8-5-4-6-9-20/h4-6,8-11,15,17,19H,7,12-14,16H2,1-3H3. The first-order valence-corrected chi connectivity index (χ1v) is 10.9. The van der Waals surface area contributed by atoms with Gasteiger partial charge < -0.3 is 14.2 Å². The molecule has 0 aliphatic carbocycles. The van der Waals surface area contributed by atoms with Crippen LogP contribution >= 0.6 is 0 Å². The van der Waals surface area contributed by atoms with E-state index in [1.54, 1.807) is 0 Å². The smallest absolute Gasteiger partial charge is 0.421 e. The van der Waals surface area contributed by atoms with E-state index in [9.17, 15) is 9.59 Å². The molecule has 2 aromatic carbocycles. The van der Waals surface area contributed by atoms with Gasteiger partial charge in [0.1, 0.15) is 5.75 Å². The Labute approximate surface area is 183 Å². The molecule has 6 nitrogen and oxygen atoms in total. The summed E-state index contributed by atoms with van der Waals surface area (Å²) in [5.41, 5.74) is 3.54. The van der Waals surface area contributed by atoms with E-state index in [1.807, 2.05) is 36.1 Å². The molecule has 2 fully saturated rings. The molecular formula is C25H29NO5. The number of piperidine rings is 1. The van der Waals surface area contributed by atoms with E-state index in [0.29, 0.717) is 25.6 Å². The molecule has 2 heterocycles. The third kappa shape index (κ3) is 4.30. The molecule has 1 spiro atoms. The van der Waals surface area contributed by atoms with Crippen molar-refractivity contribution in [1.29, 1.82) is 0 Å². The molecule has 0 bridgehead atoms. The largest absolute Gasteiger partial charge is 0.494 e. The highest BCUT2D eigenvalue weighted by atomic mass is 16.8. The zero-order valence-electron chi connectivity index (χ0n) is 18.3. The Morgan fingerprint density at radius 1 is 1.06 bits per heavy atom. The number of aryl methyl sites for hydroxylation is 1. The molecule has 6 heteroatoms. The maximum absolute atomic E-state index is 11.7. The maximum Gasteiger partial charge on any atom is 0.421 e. The molecule has 4 rings (SSSR count). The summed E-state index contributed by atoms with van der Waals surface area (Å²) in [6, 6.07) is 16.4. The Hall–Kier alpha value is -2.86. The minimum Gasteiger partial charge on any atom is -0.494 e. The van der Waals surface area contributed by atoms with Crippen LogP contribution in [0.2, 0.25) is 0 Å². The van der Waals surface area contributed by atoms with Crippen LogP contribution in [-0.2, 0) is 19.1 Å². The van der Waals surface area contributed by atoms with Gasteiger partial charge in [-0.15, -0.1) is 0 Å². The SMILES string of the molecule is Cc1cc(OCCCN2CC(C)CC(C)C23OC(=O)C(=O)O3)ccc1-c1ccccc1. The highest BCUT2D eigenvalue weighted by Crippen LogP contribution is 2.41. The Morgan fingerprint density at radius 2 is 1.77 bits per heavy atom. The number of carbonyl (C=O) groups is 2. The number of hydrogen-bond donors (Lipinski definition) is 0. The van der Waals surface area contributed by atoms with E-state index < -0.39 is 17.8 Å². The zero-order chi connectivity index (χ0) is 22.0. The summed E-state index contributed by atoms with van der Waals surface area (Å²) in [7, 11) is 0. The zero-order valence-corrected chi connectivity index (χ0v) is 18.3. The number of nitrogens with zero attached hydrogens (tertiary/aromatic N) is 1. The van der Waals surface area contributed by atoms with Crippen molar-refractivity contribution in [2.75, 3.05) is 19.7 Å². The van der Waals surface area contributed by atoms with Crippen LogP contribution < -0.4 is 4.74 Å². The number of hydrogen-bond acceptors (Lipinski definition) is 6. The lowest BCUT2D eigenvalue weighted by atomic mass is 9.88. The third-order valence-corrected chi connectivity index (χ3v) is 6.12. The number of rotatable bonds is 6. The van der Waals surface area contributed by atoms with Gasteiger partial charge in [0.2, 0.25) is 0 Å². The van der Waals surface area contributed by atoms with Crippen molar-refractivity contribution in [2.45, 2.75) is 39.5 Å². The second-order valence-electron chi connectivity index (χ2n) is 8.64. The van der Waals surface area contributed by atoms with Gasteiger partial charge in [-0.05, 0) is 54.5 Å². The second-order valence-corrected chi connectivity index (χ2v) is 8.64. The average molecular weight is 424 g/mol. The summed E-state index contributed by atoms with van der Waals surface area (Å²) >= 11 is 0. The normalized spacial score (nSPS) is 22.9. The first-order chi connectivity index (χ1) is 14.9. The molecule has 0 N–H and O–H groups in total. The number of benzene rings is 2. The van der Waals surface area contributed by atoms with E-state index in [1.165, 1.54) is 11.1 Å². The molecule has 2 atom stereocenters. The lowest BCUT2D eigenvalue weighted by Gasteiger charge is -2.46. The van der Waals surface area contributed by atoms with Gasteiger partial charge in [-0.2, -0.15) is 0 Å². The fourth-order valence-corrected chi connectivity index (χ4v) is 4.70. The molecule has 2 saturated heterocycles. The quantitative estimate of drug-likeness (QED) is 0.395. The predicted octanol–water partition coefficient (Wildman–Crippen LogP) is 4.16. The predicted molar refractivity (Wildman–Crippen MR) is 116 cm³/mol. The van der Waals surface area contributed by atoms with Gasteiger partial charge in [0.05, 0.1) is 12.5 Å². The van der Waals surface area contributed by atoms with Gasteiger partial charge in [0.15, 0.2) is 0 Å². The minimum absolute atomic E-state index is 0.0826. The van der Waals surface area contributed by atoms with Crippen molar-refractivity contribution in [1.82, 2.24) is 4.90 Å².